The van der Waals surface area contributed by atoms with E-state index in [1.54, 1.807) is 19.2 Å². The monoisotopic (exact) mass is 346 g/mol. The fraction of sp³-hybridized carbons (Fsp3) is 0.286. The van der Waals surface area contributed by atoms with Gasteiger partial charge in [-0.25, -0.2) is 9.97 Å². The zero-order valence-corrected chi connectivity index (χ0v) is 13.9. The molecule has 4 nitrogen and oxygen atoms in total. The first-order valence-electron chi connectivity index (χ1n) is 6.16. The van der Waals surface area contributed by atoms with Crippen LogP contribution >= 0.6 is 34.8 Å². The van der Waals surface area contributed by atoms with Crippen molar-refractivity contribution in [1.82, 2.24) is 9.97 Å². The van der Waals surface area contributed by atoms with Gasteiger partial charge in [-0.05, 0) is 35.7 Å². The first kappa shape index (κ1) is 16.1. The summed E-state index contributed by atoms with van der Waals surface area (Å²) in [5.41, 5.74) is 0.955. The molecule has 0 N–H and O–H groups in total. The summed E-state index contributed by atoms with van der Waals surface area (Å²) in [5.74, 6) is 1.76. The molecule has 0 aliphatic rings. The molecular formula is C14H13Cl3N2O2. The number of ether oxygens (including phenoxy) is 2. The molecule has 2 rings (SSSR count). The number of rotatable bonds is 4. The third-order valence-corrected chi connectivity index (χ3v) is 3.49. The van der Waals surface area contributed by atoms with Crippen LogP contribution in [0.25, 0.3) is 0 Å². The Bertz CT molecular complexity index is 640. The van der Waals surface area contributed by atoms with Crippen molar-refractivity contribution in [2.45, 2.75) is 19.8 Å². The first-order valence-corrected chi connectivity index (χ1v) is 7.30. The molecule has 0 fully saturated rings. The highest BCUT2D eigenvalue weighted by Crippen LogP contribution is 2.38. The van der Waals surface area contributed by atoms with Crippen molar-refractivity contribution in [3.05, 3.63) is 39.4 Å². The summed E-state index contributed by atoms with van der Waals surface area (Å²) in [6, 6.07) is 5.48. The molecular weight excluding hydrogens is 335 g/mol. The number of nitrogens with zero attached hydrogens (tertiary/aromatic N) is 2. The smallest absolute Gasteiger partial charge is 0.225 e. The molecule has 1 aromatic heterocycles. The van der Waals surface area contributed by atoms with E-state index in [0.29, 0.717) is 5.75 Å². The van der Waals surface area contributed by atoms with E-state index in [9.17, 15) is 0 Å². The van der Waals surface area contributed by atoms with E-state index >= 15 is 0 Å². The molecule has 0 saturated heterocycles. The minimum absolute atomic E-state index is 0.0313. The first-order chi connectivity index (χ1) is 9.92. The number of hydrogen-bond donors (Lipinski definition) is 0. The normalized spacial score (nSPS) is 10.8. The average Bonchev–Trinajstić information content (AvgIpc) is 2.42. The summed E-state index contributed by atoms with van der Waals surface area (Å²) in [6.07, 6.45) is 0. The molecule has 112 valence electrons. The summed E-state index contributed by atoms with van der Waals surface area (Å²) < 4.78 is 11.0. The van der Waals surface area contributed by atoms with Gasteiger partial charge in [0.05, 0.1) is 7.11 Å². The minimum atomic E-state index is -0.0313. The van der Waals surface area contributed by atoms with Crippen LogP contribution in [0.4, 0.5) is 0 Å². The number of halogens is 3. The molecule has 2 aromatic rings. The third-order valence-electron chi connectivity index (χ3n) is 2.81. The Morgan fingerprint density at radius 1 is 1.05 bits per heavy atom. The summed E-state index contributed by atoms with van der Waals surface area (Å²) >= 11 is 17.7. The van der Waals surface area contributed by atoms with Crippen molar-refractivity contribution >= 4 is 34.8 Å². The van der Waals surface area contributed by atoms with Crippen LogP contribution in [0.1, 0.15) is 25.3 Å². The van der Waals surface area contributed by atoms with Gasteiger partial charge in [-0.2, -0.15) is 0 Å². The molecule has 0 spiro atoms. The maximum atomic E-state index is 6.01. The fourth-order valence-corrected chi connectivity index (χ4v) is 2.49. The van der Waals surface area contributed by atoms with Gasteiger partial charge in [-0.3, -0.25) is 0 Å². The third kappa shape index (κ3) is 3.70. The van der Waals surface area contributed by atoms with Crippen molar-refractivity contribution in [3.63, 3.8) is 0 Å². The van der Waals surface area contributed by atoms with Gasteiger partial charge in [0, 0.05) is 5.56 Å². The SMILES string of the molecule is COc1ccc(Oc2c(Cl)nc(Cl)nc2Cl)c(C(C)C)c1. The summed E-state index contributed by atoms with van der Waals surface area (Å²) in [5, 5.41) is 0.0900. The van der Waals surface area contributed by atoms with Crippen molar-refractivity contribution in [2.24, 2.45) is 0 Å². The van der Waals surface area contributed by atoms with Gasteiger partial charge in [-0.1, -0.05) is 37.0 Å². The van der Waals surface area contributed by atoms with E-state index in [0.717, 1.165) is 11.3 Å². The highest BCUT2D eigenvalue weighted by Gasteiger charge is 2.17. The van der Waals surface area contributed by atoms with E-state index in [4.69, 9.17) is 44.3 Å². The zero-order valence-electron chi connectivity index (χ0n) is 11.7. The van der Waals surface area contributed by atoms with E-state index in [1.165, 1.54) is 0 Å². The molecule has 0 atom stereocenters. The fourth-order valence-electron chi connectivity index (χ4n) is 1.77. The van der Waals surface area contributed by atoms with Gasteiger partial charge < -0.3 is 9.47 Å². The molecule has 0 aliphatic heterocycles. The largest absolute Gasteiger partial charge is 0.497 e. The second-order valence-electron chi connectivity index (χ2n) is 4.56. The predicted octanol–water partition coefficient (Wildman–Crippen LogP) is 5.36. The maximum absolute atomic E-state index is 6.01. The Kier molecular flexibility index (Phi) is 5.14. The summed E-state index contributed by atoms with van der Waals surface area (Å²) in [7, 11) is 1.61. The molecule has 1 aromatic carbocycles. The highest BCUT2D eigenvalue weighted by atomic mass is 35.5. The molecule has 0 saturated carbocycles. The van der Waals surface area contributed by atoms with Crippen LogP contribution in [0, 0.1) is 0 Å². The van der Waals surface area contributed by atoms with Gasteiger partial charge in [0.25, 0.3) is 0 Å². The van der Waals surface area contributed by atoms with Crippen molar-refractivity contribution in [1.29, 1.82) is 0 Å². The van der Waals surface area contributed by atoms with Crippen molar-refractivity contribution in [2.75, 3.05) is 7.11 Å². The molecule has 0 aliphatic carbocycles. The van der Waals surface area contributed by atoms with Crippen LogP contribution in [0.5, 0.6) is 17.2 Å². The summed E-state index contributed by atoms with van der Waals surface area (Å²) in [4.78, 5) is 7.65. The minimum Gasteiger partial charge on any atom is -0.497 e. The molecule has 21 heavy (non-hydrogen) atoms. The van der Waals surface area contributed by atoms with Crippen molar-refractivity contribution < 1.29 is 9.47 Å². The molecule has 0 amide bonds. The van der Waals surface area contributed by atoms with E-state index < -0.39 is 0 Å². The van der Waals surface area contributed by atoms with Gasteiger partial charge in [-0.15, -0.1) is 0 Å². The van der Waals surface area contributed by atoms with Crippen LogP contribution in [-0.2, 0) is 0 Å². The maximum Gasteiger partial charge on any atom is 0.225 e. The lowest BCUT2D eigenvalue weighted by molar-refractivity contribution is 0.410. The van der Waals surface area contributed by atoms with Crippen LogP contribution in [0.15, 0.2) is 18.2 Å². The lowest BCUT2D eigenvalue weighted by Crippen LogP contribution is -1.98. The standard InChI is InChI=1S/C14H13Cl3N2O2/c1-7(2)9-6-8(20-3)4-5-10(9)21-11-12(15)18-14(17)19-13(11)16/h4-7H,1-3H3. The Hall–Kier alpha value is -1.23. The number of aromatic nitrogens is 2. The lowest BCUT2D eigenvalue weighted by Gasteiger charge is -2.16. The predicted molar refractivity (Wildman–Crippen MR) is 84.2 cm³/mol. The van der Waals surface area contributed by atoms with Crippen LogP contribution in [0.2, 0.25) is 15.6 Å². The van der Waals surface area contributed by atoms with Crippen molar-refractivity contribution in [3.8, 4) is 17.2 Å². The van der Waals surface area contributed by atoms with Gasteiger partial charge >= 0.3 is 0 Å². The van der Waals surface area contributed by atoms with Crippen LogP contribution < -0.4 is 9.47 Å². The van der Waals surface area contributed by atoms with E-state index in [2.05, 4.69) is 9.97 Å². The van der Waals surface area contributed by atoms with Crippen LogP contribution in [0.3, 0.4) is 0 Å². The molecule has 0 radical (unpaired) electrons. The topological polar surface area (TPSA) is 44.2 Å². The highest BCUT2D eigenvalue weighted by molar-refractivity contribution is 6.37. The van der Waals surface area contributed by atoms with Gasteiger partial charge in [0.2, 0.25) is 11.0 Å². The Morgan fingerprint density at radius 2 is 1.67 bits per heavy atom. The summed E-state index contributed by atoms with van der Waals surface area (Å²) in [6.45, 7) is 4.09. The van der Waals surface area contributed by atoms with E-state index in [-0.39, 0.29) is 27.3 Å². The Balaban J connectivity index is 2.44. The van der Waals surface area contributed by atoms with Gasteiger partial charge in [0.15, 0.2) is 10.3 Å². The van der Waals surface area contributed by atoms with Crippen LogP contribution in [-0.4, -0.2) is 17.1 Å². The number of methoxy groups -OCH3 is 1. The number of benzene rings is 1. The molecule has 0 unspecified atom stereocenters. The molecule has 7 heteroatoms. The average molecular weight is 348 g/mol. The second-order valence-corrected chi connectivity index (χ2v) is 5.62. The zero-order chi connectivity index (χ0) is 15.6. The number of hydrogen-bond acceptors (Lipinski definition) is 4. The Labute approximate surface area is 138 Å². The molecule has 0 bridgehead atoms. The van der Waals surface area contributed by atoms with E-state index in [1.807, 2.05) is 19.9 Å². The quantitative estimate of drug-likeness (QED) is 0.551. The Morgan fingerprint density at radius 3 is 2.19 bits per heavy atom. The van der Waals surface area contributed by atoms with Gasteiger partial charge in [0.1, 0.15) is 11.5 Å². The second kappa shape index (κ2) is 6.69. The lowest BCUT2D eigenvalue weighted by atomic mass is 10.0. The molecule has 1 heterocycles.